The third-order valence-electron chi connectivity index (χ3n) is 4.87. The monoisotopic (exact) mass is 466 g/mol. The van der Waals surface area contributed by atoms with Crippen molar-refractivity contribution in [2.24, 2.45) is 10.1 Å². The SMILES string of the molecule is CCOC(=O)c1c(NC(=O)C(C)SC2=NN3CCCC(=O)N=C3S2)sc2c1CCC2. The Balaban J connectivity index is 1.44. The summed E-state index contributed by atoms with van der Waals surface area (Å²) in [6, 6.07) is 0. The van der Waals surface area contributed by atoms with Crippen LogP contribution in [0.3, 0.4) is 0 Å². The van der Waals surface area contributed by atoms with Crippen molar-refractivity contribution in [2.75, 3.05) is 18.5 Å². The summed E-state index contributed by atoms with van der Waals surface area (Å²) in [5.41, 5.74) is 1.52. The highest BCUT2D eigenvalue weighted by atomic mass is 32.2. The number of carbonyl (C=O) groups is 3. The van der Waals surface area contributed by atoms with Gasteiger partial charge in [-0.2, -0.15) is 10.1 Å². The second kappa shape index (κ2) is 9.11. The molecule has 1 aromatic rings. The minimum Gasteiger partial charge on any atom is -0.462 e. The number of amides is 2. The van der Waals surface area contributed by atoms with Crippen LogP contribution in [0, 0.1) is 0 Å². The van der Waals surface area contributed by atoms with Crippen molar-refractivity contribution in [3.05, 3.63) is 16.0 Å². The summed E-state index contributed by atoms with van der Waals surface area (Å²) in [5, 5.41) is 9.86. The summed E-state index contributed by atoms with van der Waals surface area (Å²) in [6.45, 7) is 4.51. The molecule has 0 saturated heterocycles. The minimum absolute atomic E-state index is 0.135. The van der Waals surface area contributed by atoms with E-state index in [1.807, 2.05) is 0 Å². The molecular formula is C19H22N4O4S3. The van der Waals surface area contributed by atoms with Gasteiger partial charge in [0.1, 0.15) is 5.00 Å². The molecular weight excluding hydrogens is 444 g/mol. The standard InChI is InChI=1S/C19H22N4O4S3/c1-3-27-17(26)14-11-6-4-7-12(11)29-16(14)21-15(25)10(2)28-19-22-23-9-5-8-13(24)20-18(23)30-19/h10H,3-9H2,1-2H3,(H,21,25). The van der Waals surface area contributed by atoms with Gasteiger partial charge in [-0.1, -0.05) is 11.8 Å². The Morgan fingerprint density at radius 3 is 2.93 bits per heavy atom. The van der Waals surface area contributed by atoms with Crippen LogP contribution in [-0.2, 0) is 27.2 Å². The number of thioether (sulfide) groups is 2. The van der Waals surface area contributed by atoms with Gasteiger partial charge in [-0.25, -0.2) is 9.80 Å². The van der Waals surface area contributed by atoms with E-state index in [-0.39, 0.29) is 17.8 Å². The molecule has 1 N–H and O–H groups in total. The molecule has 0 saturated carbocycles. The van der Waals surface area contributed by atoms with Gasteiger partial charge in [-0.15, -0.1) is 11.3 Å². The van der Waals surface area contributed by atoms with Gasteiger partial charge < -0.3 is 10.1 Å². The molecule has 11 heteroatoms. The van der Waals surface area contributed by atoms with Crippen molar-refractivity contribution in [1.82, 2.24) is 5.01 Å². The summed E-state index contributed by atoms with van der Waals surface area (Å²) in [7, 11) is 0. The maximum atomic E-state index is 12.8. The molecule has 2 aliphatic heterocycles. The molecule has 0 fully saturated rings. The Morgan fingerprint density at radius 1 is 1.30 bits per heavy atom. The number of esters is 1. The zero-order chi connectivity index (χ0) is 21.3. The Labute approximate surface area is 186 Å². The predicted molar refractivity (Wildman–Crippen MR) is 121 cm³/mol. The molecule has 4 rings (SSSR count). The topological polar surface area (TPSA) is 100 Å². The van der Waals surface area contributed by atoms with E-state index in [4.69, 9.17) is 4.74 Å². The molecule has 3 aliphatic rings. The van der Waals surface area contributed by atoms with Crippen molar-refractivity contribution in [1.29, 1.82) is 0 Å². The largest absolute Gasteiger partial charge is 0.462 e. The molecule has 160 valence electrons. The van der Waals surface area contributed by atoms with Crippen LogP contribution in [-0.4, -0.2) is 50.7 Å². The number of ether oxygens (including phenoxy) is 1. The Kier molecular flexibility index (Phi) is 6.49. The molecule has 1 unspecified atom stereocenters. The van der Waals surface area contributed by atoms with Crippen LogP contribution in [0.4, 0.5) is 5.00 Å². The molecule has 2 amide bonds. The van der Waals surface area contributed by atoms with E-state index in [1.165, 1.54) is 34.9 Å². The summed E-state index contributed by atoms with van der Waals surface area (Å²) in [4.78, 5) is 42.2. The fourth-order valence-electron chi connectivity index (χ4n) is 3.44. The van der Waals surface area contributed by atoms with E-state index in [9.17, 15) is 14.4 Å². The first-order valence-corrected chi connectivity index (χ1v) is 12.4. The number of rotatable bonds is 5. The normalized spacial score (nSPS) is 18.9. The highest BCUT2D eigenvalue weighted by Crippen LogP contribution is 2.40. The maximum Gasteiger partial charge on any atom is 0.341 e. The first-order chi connectivity index (χ1) is 14.5. The van der Waals surface area contributed by atoms with Gasteiger partial charge in [-0.05, 0) is 56.9 Å². The highest BCUT2D eigenvalue weighted by molar-refractivity contribution is 8.45. The van der Waals surface area contributed by atoms with E-state index in [1.54, 1.807) is 18.9 Å². The lowest BCUT2D eigenvalue weighted by atomic mass is 10.1. The number of amidine groups is 1. The average Bonchev–Trinajstić information content (AvgIpc) is 3.34. The number of thiophene rings is 1. The van der Waals surface area contributed by atoms with E-state index < -0.39 is 5.25 Å². The molecule has 3 heterocycles. The fraction of sp³-hybridized carbons (Fsp3) is 0.526. The number of carbonyl (C=O) groups excluding carboxylic acids is 3. The maximum absolute atomic E-state index is 12.8. The van der Waals surface area contributed by atoms with E-state index in [2.05, 4.69) is 15.4 Å². The minimum atomic E-state index is -0.428. The van der Waals surface area contributed by atoms with Crippen LogP contribution in [0.2, 0.25) is 0 Å². The number of hydrazone groups is 1. The quantitative estimate of drug-likeness (QED) is 0.663. The van der Waals surface area contributed by atoms with Crippen molar-refractivity contribution >= 4 is 67.2 Å². The fourth-order valence-corrected chi connectivity index (χ4v) is 6.86. The Hall–Kier alpha value is -1.85. The van der Waals surface area contributed by atoms with Crippen molar-refractivity contribution in [3.8, 4) is 0 Å². The van der Waals surface area contributed by atoms with Crippen LogP contribution in [0.15, 0.2) is 10.1 Å². The van der Waals surface area contributed by atoms with E-state index in [0.29, 0.717) is 46.1 Å². The summed E-state index contributed by atoms with van der Waals surface area (Å²) >= 11 is 4.10. The van der Waals surface area contributed by atoms with Crippen LogP contribution in [0.5, 0.6) is 0 Å². The number of nitrogens with zero attached hydrogens (tertiary/aromatic N) is 3. The second-order valence-electron chi connectivity index (χ2n) is 7.01. The molecule has 0 radical (unpaired) electrons. The molecule has 1 aliphatic carbocycles. The smallest absolute Gasteiger partial charge is 0.341 e. The lowest BCUT2D eigenvalue weighted by Crippen LogP contribution is -2.24. The number of hydrogen-bond donors (Lipinski definition) is 1. The molecule has 1 aromatic heterocycles. The molecule has 30 heavy (non-hydrogen) atoms. The van der Waals surface area contributed by atoms with Crippen LogP contribution in [0.1, 0.15) is 53.9 Å². The first kappa shape index (κ1) is 21.4. The van der Waals surface area contributed by atoms with Gasteiger partial charge in [0.2, 0.25) is 11.8 Å². The summed E-state index contributed by atoms with van der Waals surface area (Å²) in [6.07, 6.45) is 3.93. The average molecular weight is 467 g/mol. The van der Waals surface area contributed by atoms with Gasteiger partial charge in [-0.3, -0.25) is 9.59 Å². The Morgan fingerprint density at radius 2 is 2.13 bits per heavy atom. The number of aliphatic imine (C=N–C) groups is 1. The third kappa shape index (κ3) is 4.42. The summed E-state index contributed by atoms with van der Waals surface area (Å²) < 4.78 is 5.90. The van der Waals surface area contributed by atoms with Crippen molar-refractivity contribution in [3.63, 3.8) is 0 Å². The summed E-state index contributed by atoms with van der Waals surface area (Å²) in [5.74, 6) is -0.711. The third-order valence-corrected chi connectivity index (χ3v) is 8.20. The highest BCUT2D eigenvalue weighted by Gasteiger charge is 2.31. The number of fused-ring (bicyclic) bond motifs is 2. The number of aryl methyl sites for hydroxylation is 1. The van der Waals surface area contributed by atoms with Gasteiger partial charge in [0.15, 0.2) is 9.54 Å². The van der Waals surface area contributed by atoms with Crippen molar-refractivity contribution < 1.29 is 19.1 Å². The van der Waals surface area contributed by atoms with E-state index >= 15 is 0 Å². The zero-order valence-corrected chi connectivity index (χ0v) is 19.2. The lowest BCUT2D eigenvalue weighted by Gasteiger charge is -2.12. The van der Waals surface area contributed by atoms with Crippen LogP contribution in [0.25, 0.3) is 0 Å². The molecule has 0 aromatic carbocycles. The van der Waals surface area contributed by atoms with Gasteiger partial charge in [0, 0.05) is 17.8 Å². The zero-order valence-electron chi connectivity index (χ0n) is 16.7. The van der Waals surface area contributed by atoms with E-state index in [0.717, 1.165) is 29.7 Å². The molecule has 8 nitrogen and oxygen atoms in total. The predicted octanol–water partition coefficient (Wildman–Crippen LogP) is 3.47. The number of nitrogens with one attached hydrogen (secondary N) is 1. The van der Waals surface area contributed by atoms with Gasteiger partial charge in [0.25, 0.3) is 0 Å². The van der Waals surface area contributed by atoms with Crippen LogP contribution >= 0.6 is 34.9 Å². The lowest BCUT2D eigenvalue weighted by molar-refractivity contribution is -0.118. The molecule has 1 atom stereocenters. The number of anilines is 1. The second-order valence-corrected chi connectivity index (χ2v) is 10.7. The molecule has 0 spiro atoms. The van der Waals surface area contributed by atoms with Gasteiger partial charge in [0.05, 0.1) is 17.4 Å². The van der Waals surface area contributed by atoms with Crippen LogP contribution < -0.4 is 5.32 Å². The number of hydrogen-bond acceptors (Lipinski definition) is 9. The first-order valence-electron chi connectivity index (χ1n) is 9.91. The Bertz CT molecular complexity index is 956. The van der Waals surface area contributed by atoms with Gasteiger partial charge >= 0.3 is 5.97 Å². The molecule has 0 bridgehead atoms. The van der Waals surface area contributed by atoms with Crippen molar-refractivity contribution in [2.45, 2.75) is 51.2 Å².